The first kappa shape index (κ1) is 18.6. The van der Waals surface area contributed by atoms with Crippen molar-refractivity contribution in [1.82, 2.24) is 9.88 Å². The maximum atomic E-state index is 12.5. The third-order valence-corrected chi connectivity index (χ3v) is 5.10. The minimum Gasteiger partial charge on any atom is -0.384 e. The Hall–Kier alpha value is -3.72. The van der Waals surface area contributed by atoms with E-state index in [0.717, 1.165) is 10.6 Å². The number of imide groups is 1. The van der Waals surface area contributed by atoms with Crippen molar-refractivity contribution in [1.29, 1.82) is 0 Å². The molecule has 0 spiro atoms. The second-order valence-electron chi connectivity index (χ2n) is 6.26. The summed E-state index contributed by atoms with van der Waals surface area (Å²) in [6, 6.07) is 14.5. The van der Waals surface area contributed by atoms with E-state index in [1.807, 2.05) is 6.07 Å². The van der Waals surface area contributed by atoms with Crippen LogP contribution < -0.4 is 21.9 Å². The number of carbonyl (C=O) groups is 3. The normalized spacial score (nSPS) is 12.4. The van der Waals surface area contributed by atoms with Gasteiger partial charge in [-0.1, -0.05) is 18.2 Å². The number of pyridine rings is 1. The van der Waals surface area contributed by atoms with Crippen molar-refractivity contribution in [2.45, 2.75) is 0 Å². The number of nitrogens with two attached hydrogens (primary N) is 1. The third-order valence-electron chi connectivity index (χ3n) is 4.45. The molecule has 0 fully saturated rings. The topological polar surface area (TPSA) is 123 Å². The Morgan fingerprint density at radius 1 is 1.00 bits per heavy atom. The van der Waals surface area contributed by atoms with Gasteiger partial charge in [0.1, 0.15) is 5.82 Å². The minimum absolute atomic E-state index is 0.0350. The lowest BCUT2D eigenvalue weighted by Crippen LogP contribution is -2.24. The molecule has 0 radical (unpaired) electrons. The Bertz CT molecular complexity index is 1250. The van der Waals surface area contributed by atoms with Gasteiger partial charge in [-0.05, 0) is 46.3 Å². The molecule has 2 heterocycles. The lowest BCUT2D eigenvalue weighted by Gasteiger charge is -2.14. The fourth-order valence-corrected chi connectivity index (χ4v) is 3.54. The van der Waals surface area contributed by atoms with Crippen molar-refractivity contribution >= 4 is 45.2 Å². The van der Waals surface area contributed by atoms with Gasteiger partial charge in [0, 0.05) is 16.1 Å². The van der Waals surface area contributed by atoms with Crippen LogP contribution >= 0.6 is 15.9 Å². The highest BCUT2D eigenvalue weighted by molar-refractivity contribution is 9.10. The molecule has 1 aromatic heterocycles. The van der Waals surface area contributed by atoms with Crippen molar-refractivity contribution in [3.05, 3.63) is 86.1 Å². The smallest absolute Gasteiger partial charge is 0.262 e. The number of benzene rings is 2. The molecule has 1 aliphatic rings. The molecule has 8 nitrogen and oxygen atoms in total. The summed E-state index contributed by atoms with van der Waals surface area (Å²) in [4.78, 5) is 48.6. The lowest BCUT2D eigenvalue weighted by atomic mass is 10.1. The molecular weight excluding hydrogens is 440 g/mol. The fraction of sp³-hybridized carbons (Fsp3) is 0. The number of amides is 3. The average molecular weight is 453 g/mol. The van der Waals surface area contributed by atoms with Gasteiger partial charge in [0.2, 0.25) is 0 Å². The van der Waals surface area contributed by atoms with E-state index in [0.29, 0.717) is 21.4 Å². The largest absolute Gasteiger partial charge is 0.384 e. The molecule has 9 heteroatoms. The van der Waals surface area contributed by atoms with E-state index in [4.69, 9.17) is 5.73 Å². The van der Waals surface area contributed by atoms with Crippen molar-refractivity contribution in [2.24, 2.45) is 0 Å². The van der Waals surface area contributed by atoms with Gasteiger partial charge < -0.3 is 11.1 Å². The number of hydrogen-bond donors (Lipinski definition) is 3. The highest BCUT2D eigenvalue weighted by Crippen LogP contribution is 2.28. The molecule has 0 saturated carbocycles. The maximum absolute atomic E-state index is 12.5. The maximum Gasteiger partial charge on any atom is 0.262 e. The standard InChI is InChI=1S/C20H13BrN4O4/c21-13-8-11(6-7-14(13)23-18(27)10-4-2-1-3-5-10)25-15(26)9-12-16(17(25)22)20(29)24-19(12)28/h1-9H,22H2,(H,23,27)(H,24,28,29). The molecule has 0 unspecified atom stereocenters. The number of hydrogen-bond acceptors (Lipinski definition) is 5. The van der Waals surface area contributed by atoms with Crippen LogP contribution in [0.1, 0.15) is 31.1 Å². The zero-order chi connectivity index (χ0) is 20.7. The summed E-state index contributed by atoms with van der Waals surface area (Å²) in [6.07, 6.45) is 0. The molecule has 1 aliphatic heterocycles. The van der Waals surface area contributed by atoms with Gasteiger partial charge >= 0.3 is 0 Å². The molecule has 0 aliphatic carbocycles. The molecule has 3 amide bonds. The van der Waals surface area contributed by atoms with Crippen LogP contribution in [0.5, 0.6) is 0 Å². The number of halogens is 1. The van der Waals surface area contributed by atoms with Gasteiger partial charge in [0.25, 0.3) is 23.3 Å². The van der Waals surface area contributed by atoms with E-state index in [9.17, 15) is 19.2 Å². The summed E-state index contributed by atoms with van der Waals surface area (Å²) in [6.45, 7) is 0. The summed E-state index contributed by atoms with van der Waals surface area (Å²) in [5, 5.41) is 4.90. The summed E-state index contributed by atoms with van der Waals surface area (Å²) in [5.41, 5.74) is 6.75. The number of carbonyl (C=O) groups excluding carboxylic acids is 3. The molecular formula is C20H13BrN4O4. The molecule has 4 N–H and O–H groups in total. The number of nitrogen functional groups attached to an aromatic ring is 1. The van der Waals surface area contributed by atoms with Crippen LogP contribution in [0, 0.1) is 0 Å². The Morgan fingerprint density at radius 3 is 2.41 bits per heavy atom. The SMILES string of the molecule is Nc1c2c(cc(=O)n1-c1ccc(NC(=O)c3ccccc3)c(Br)c1)C(=O)NC2=O. The highest BCUT2D eigenvalue weighted by Gasteiger charge is 2.31. The third kappa shape index (κ3) is 3.21. The van der Waals surface area contributed by atoms with Crippen molar-refractivity contribution in [2.75, 3.05) is 11.1 Å². The lowest BCUT2D eigenvalue weighted by molar-refractivity contribution is 0.0879. The predicted molar refractivity (Wildman–Crippen MR) is 110 cm³/mol. The van der Waals surface area contributed by atoms with Gasteiger partial charge in [-0.15, -0.1) is 0 Å². The summed E-state index contributed by atoms with van der Waals surface area (Å²) in [5.74, 6) is -1.73. The number of rotatable bonds is 3. The number of fused-ring (bicyclic) bond motifs is 1. The first-order valence-electron chi connectivity index (χ1n) is 8.44. The Labute approximate surface area is 172 Å². The van der Waals surface area contributed by atoms with Crippen molar-refractivity contribution in [3.8, 4) is 5.69 Å². The van der Waals surface area contributed by atoms with Crippen molar-refractivity contribution < 1.29 is 14.4 Å². The minimum atomic E-state index is -0.652. The summed E-state index contributed by atoms with van der Waals surface area (Å²) < 4.78 is 1.64. The second kappa shape index (κ2) is 7.02. The van der Waals surface area contributed by atoms with Crippen LogP contribution in [0.15, 0.2) is 63.9 Å². The van der Waals surface area contributed by atoms with Crippen LogP contribution in [0.4, 0.5) is 11.5 Å². The fourth-order valence-electron chi connectivity index (χ4n) is 3.07. The number of nitrogens with zero attached hydrogens (tertiary/aromatic N) is 1. The highest BCUT2D eigenvalue weighted by atomic mass is 79.9. The number of aromatic nitrogens is 1. The Balaban J connectivity index is 1.72. The van der Waals surface area contributed by atoms with Gasteiger partial charge in [-0.2, -0.15) is 0 Å². The van der Waals surface area contributed by atoms with Crippen LogP contribution in [0.25, 0.3) is 5.69 Å². The second-order valence-corrected chi connectivity index (χ2v) is 7.11. The van der Waals surface area contributed by atoms with Crippen LogP contribution in [0.3, 0.4) is 0 Å². The Morgan fingerprint density at radius 2 is 1.72 bits per heavy atom. The van der Waals surface area contributed by atoms with E-state index < -0.39 is 17.4 Å². The molecule has 4 rings (SSSR count). The van der Waals surface area contributed by atoms with Crippen LogP contribution in [0.2, 0.25) is 0 Å². The van der Waals surface area contributed by atoms with Crippen LogP contribution in [-0.4, -0.2) is 22.3 Å². The zero-order valence-corrected chi connectivity index (χ0v) is 16.3. The first-order chi connectivity index (χ1) is 13.9. The first-order valence-corrected chi connectivity index (χ1v) is 9.23. The van der Waals surface area contributed by atoms with Gasteiger partial charge in [0.15, 0.2) is 0 Å². The van der Waals surface area contributed by atoms with Gasteiger partial charge in [0.05, 0.1) is 22.5 Å². The Kier molecular flexibility index (Phi) is 4.51. The van der Waals surface area contributed by atoms with Gasteiger partial charge in [-0.25, -0.2) is 0 Å². The molecule has 2 aromatic carbocycles. The van der Waals surface area contributed by atoms with Crippen LogP contribution in [-0.2, 0) is 0 Å². The number of anilines is 2. The average Bonchev–Trinajstić information content (AvgIpc) is 2.98. The molecule has 29 heavy (non-hydrogen) atoms. The van der Waals surface area contributed by atoms with Crippen molar-refractivity contribution in [3.63, 3.8) is 0 Å². The quantitative estimate of drug-likeness (QED) is 0.526. The van der Waals surface area contributed by atoms with Gasteiger partial charge in [-0.3, -0.25) is 29.1 Å². The number of nitrogens with one attached hydrogen (secondary N) is 2. The zero-order valence-electron chi connectivity index (χ0n) is 14.7. The summed E-state index contributed by atoms with van der Waals surface area (Å²) in [7, 11) is 0. The monoisotopic (exact) mass is 452 g/mol. The predicted octanol–water partition coefficient (Wildman–Crippen LogP) is 2.32. The molecule has 0 atom stereocenters. The molecule has 0 saturated heterocycles. The van der Waals surface area contributed by atoms with E-state index in [-0.39, 0.29) is 22.9 Å². The van der Waals surface area contributed by atoms with E-state index in [2.05, 4.69) is 26.6 Å². The summed E-state index contributed by atoms with van der Waals surface area (Å²) >= 11 is 3.37. The molecule has 0 bridgehead atoms. The molecule has 3 aromatic rings. The molecule has 144 valence electrons. The van der Waals surface area contributed by atoms with E-state index in [1.54, 1.807) is 42.5 Å². The van der Waals surface area contributed by atoms with E-state index in [1.165, 1.54) is 0 Å². The van der Waals surface area contributed by atoms with E-state index >= 15 is 0 Å².